The van der Waals surface area contributed by atoms with Crippen LogP contribution in [0.25, 0.3) is 16.7 Å². The second-order valence-electron chi connectivity index (χ2n) is 8.80. The van der Waals surface area contributed by atoms with Gasteiger partial charge in [0, 0.05) is 19.6 Å². The number of rotatable bonds is 5. The first kappa shape index (κ1) is 17.9. The summed E-state index contributed by atoms with van der Waals surface area (Å²) in [6, 6.07) is 6.76. The van der Waals surface area contributed by atoms with Gasteiger partial charge in [0.25, 0.3) is 5.56 Å². The summed E-state index contributed by atoms with van der Waals surface area (Å²) in [6.45, 7) is 4.00. The van der Waals surface area contributed by atoms with Crippen molar-refractivity contribution in [2.24, 2.45) is 13.0 Å². The average Bonchev–Trinajstić information content (AvgIpc) is 3.47. The Balaban J connectivity index is 1.55. The third-order valence-corrected chi connectivity index (χ3v) is 6.57. The smallest absolute Gasteiger partial charge is 0.262 e. The fraction of sp³-hybridized carbons (Fsp3) is 0.591. The lowest BCUT2D eigenvalue weighted by atomic mass is 9.89. The lowest BCUT2D eigenvalue weighted by Crippen LogP contribution is -2.33. The zero-order valence-electron chi connectivity index (χ0n) is 16.9. The highest BCUT2D eigenvalue weighted by Gasteiger charge is 2.32. The highest BCUT2D eigenvalue weighted by Crippen LogP contribution is 2.32. The van der Waals surface area contributed by atoms with E-state index >= 15 is 0 Å². The zero-order chi connectivity index (χ0) is 19.3. The van der Waals surface area contributed by atoms with Gasteiger partial charge >= 0.3 is 0 Å². The van der Waals surface area contributed by atoms with Crippen molar-refractivity contribution >= 4 is 16.7 Å². The summed E-state index contributed by atoms with van der Waals surface area (Å²) in [6.07, 6.45) is 9.46. The van der Waals surface area contributed by atoms with Gasteiger partial charge in [-0.05, 0) is 50.7 Å². The molecule has 0 saturated heterocycles. The summed E-state index contributed by atoms with van der Waals surface area (Å²) >= 11 is 0. The summed E-state index contributed by atoms with van der Waals surface area (Å²) in [4.78, 5) is 15.4. The molecule has 6 heteroatoms. The standard InChI is InChI=1S/C22H29N5O/c1-15-8-11-19-18(12-15)21(28)25(2)22-24-23-20(27(19)22)14-26(17-9-10-17)13-16-6-4-3-5-7-16/h8,11-12,16-17H,3-7,9-10,13-14H2,1-2H3. The normalized spacial score (nSPS) is 18.5. The molecular formula is C22H29N5O. The summed E-state index contributed by atoms with van der Waals surface area (Å²) in [5.41, 5.74) is 2.00. The molecule has 0 unspecified atom stereocenters. The number of aromatic nitrogens is 4. The van der Waals surface area contributed by atoms with Crippen molar-refractivity contribution in [2.45, 2.75) is 64.5 Å². The molecule has 2 aromatic heterocycles. The van der Waals surface area contributed by atoms with Crippen LogP contribution in [0.2, 0.25) is 0 Å². The van der Waals surface area contributed by atoms with E-state index in [1.807, 2.05) is 19.1 Å². The summed E-state index contributed by atoms with van der Waals surface area (Å²) in [7, 11) is 1.79. The van der Waals surface area contributed by atoms with Crippen molar-refractivity contribution in [3.05, 3.63) is 39.9 Å². The maximum atomic E-state index is 12.8. The molecule has 0 amide bonds. The Morgan fingerprint density at radius 2 is 1.89 bits per heavy atom. The second-order valence-corrected chi connectivity index (χ2v) is 8.80. The monoisotopic (exact) mass is 379 g/mol. The van der Waals surface area contributed by atoms with Crippen molar-refractivity contribution in [3.8, 4) is 0 Å². The molecule has 0 atom stereocenters. The van der Waals surface area contributed by atoms with Gasteiger partial charge in [-0.15, -0.1) is 10.2 Å². The van der Waals surface area contributed by atoms with Gasteiger partial charge in [0.05, 0.1) is 17.4 Å². The van der Waals surface area contributed by atoms with E-state index in [0.29, 0.717) is 11.8 Å². The zero-order valence-corrected chi connectivity index (χ0v) is 16.9. The van der Waals surface area contributed by atoms with E-state index in [2.05, 4.69) is 25.6 Å². The molecule has 28 heavy (non-hydrogen) atoms. The fourth-order valence-corrected chi connectivity index (χ4v) is 4.83. The molecule has 5 rings (SSSR count). The maximum Gasteiger partial charge on any atom is 0.262 e. The van der Waals surface area contributed by atoms with Crippen molar-refractivity contribution in [2.75, 3.05) is 6.54 Å². The van der Waals surface area contributed by atoms with Gasteiger partial charge < -0.3 is 0 Å². The predicted molar refractivity (Wildman–Crippen MR) is 110 cm³/mol. The third-order valence-electron chi connectivity index (χ3n) is 6.57. The Hall–Kier alpha value is -2.21. The predicted octanol–water partition coefficient (Wildman–Crippen LogP) is 3.43. The third kappa shape index (κ3) is 3.13. The van der Waals surface area contributed by atoms with Gasteiger partial charge in [-0.1, -0.05) is 30.9 Å². The molecule has 2 fully saturated rings. The Kier molecular flexibility index (Phi) is 4.46. The number of benzene rings is 1. The van der Waals surface area contributed by atoms with Gasteiger partial charge in [0.15, 0.2) is 5.82 Å². The van der Waals surface area contributed by atoms with E-state index < -0.39 is 0 Å². The molecule has 0 radical (unpaired) electrons. The van der Waals surface area contributed by atoms with E-state index in [-0.39, 0.29) is 5.56 Å². The van der Waals surface area contributed by atoms with Crippen molar-refractivity contribution in [3.63, 3.8) is 0 Å². The van der Waals surface area contributed by atoms with E-state index in [4.69, 9.17) is 0 Å². The van der Waals surface area contributed by atoms with Gasteiger partial charge in [-0.2, -0.15) is 0 Å². The van der Waals surface area contributed by atoms with Crippen LogP contribution in [0.1, 0.15) is 56.3 Å². The van der Waals surface area contributed by atoms with Gasteiger partial charge in [-0.25, -0.2) is 0 Å². The molecule has 0 spiro atoms. The van der Waals surface area contributed by atoms with Crippen molar-refractivity contribution in [1.29, 1.82) is 0 Å². The Morgan fingerprint density at radius 1 is 1.11 bits per heavy atom. The minimum atomic E-state index is -0.00796. The lowest BCUT2D eigenvalue weighted by Gasteiger charge is -2.29. The topological polar surface area (TPSA) is 55.4 Å². The number of fused-ring (bicyclic) bond motifs is 3. The molecule has 0 aliphatic heterocycles. The molecule has 0 bridgehead atoms. The number of nitrogens with zero attached hydrogens (tertiary/aromatic N) is 5. The van der Waals surface area contributed by atoms with Gasteiger partial charge in [0.2, 0.25) is 5.78 Å². The largest absolute Gasteiger partial charge is 0.293 e. The van der Waals surface area contributed by atoms with Crippen LogP contribution >= 0.6 is 0 Å². The number of hydrogen-bond donors (Lipinski definition) is 0. The number of hydrogen-bond acceptors (Lipinski definition) is 4. The molecule has 2 heterocycles. The van der Waals surface area contributed by atoms with Crippen LogP contribution in [0.15, 0.2) is 23.0 Å². The minimum absolute atomic E-state index is 0.00796. The Morgan fingerprint density at radius 3 is 2.64 bits per heavy atom. The van der Waals surface area contributed by atoms with Crippen molar-refractivity contribution < 1.29 is 0 Å². The van der Waals surface area contributed by atoms with E-state index in [1.165, 1.54) is 51.5 Å². The van der Waals surface area contributed by atoms with Crippen LogP contribution in [0.3, 0.4) is 0 Å². The lowest BCUT2D eigenvalue weighted by molar-refractivity contribution is 0.182. The highest BCUT2D eigenvalue weighted by molar-refractivity contribution is 5.81. The van der Waals surface area contributed by atoms with Crippen LogP contribution in [0.4, 0.5) is 0 Å². The van der Waals surface area contributed by atoms with Crippen LogP contribution in [0, 0.1) is 12.8 Å². The summed E-state index contributed by atoms with van der Waals surface area (Å²) in [5.74, 6) is 2.39. The summed E-state index contributed by atoms with van der Waals surface area (Å²) < 4.78 is 3.72. The first-order valence-corrected chi connectivity index (χ1v) is 10.7. The second kappa shape index (κ2) is 6.99. The fourth-order valence-electron chi connectivity index (χ4n) is 4.83. The first-order chi connectivity index (χ1) is 13.6. The van der Waals surface area contributed by atoms with Gasteiger partial charge in [-0.3, -0.25) is 18.7 Å². The molecule has 0 N–H and O–H groups in total. The molecular weight excluding hydrogens is 350 g/mol. The van der Waals surface area contributed by atoms with Crippen molar-refractivity contribution in [1.82, 2.24) is 24.1 Å². The molecule has 2 aliphatic carbocycles. The SMILES string of the molecule is Cc1ccc2c(c1)c(=O)n(C)c1nnc(CN(CC3CCCCC3)C3CC3)n21. The molecule has 2 saturated carbocycles. The quantitative estimate of drug-likeness (QED) is 0.681. The molecule has 2 aliphatic rings. The van der Waals surface area contributed by atoms with Crippen LogP contribution in [0.5, 0.6) is 0 Å². The first-order valence-electron chi connectivity index (χ1n) is 10.7. The highest BCUT2D eigenvalue weighted by atomic mass is 16.1. The molecule has 6 nitrogen and oxygen atoms in total. The maximum absolute atomic E-state index is 12.8. The molecule has 148 valence electrons. The Labute approximate surface area is 165 Å². The van der Waals surface area contributed by atoms with E-state index in [1.54, 1.807) is 11.6 Å². The Bertz CT molecular complexity index is 1070. The minimum Gasteiger partial charge on any atom is -0.293 e. The van der Waals surface area contributed by atoms with E-state index in [0.717, 1.165) is 34.8 Å². The average molecular weight is 380 g/mol. The number of aryl methyl sites for hydroxylation is 2. The van der Waals surface area contributed by atoms with E-state index in [9.17, 15) is 4.79 Å². The summed E-state index contributed by atoms with van der Waals surface area (Å²) in [5, 5.41) is 9.64. The molecule has 1 aromatic carbocycles. The van der Waals surface area contributed by atoms with Crippen LogP contribution in [-0.2, 0) is 13.6 Å². The van der Waals surface area contributed by atoms with Crippen LogP contribution in [-0.4, -0.2) is 36.7 Å². The van der Waals surface area contributed by atoms with Crippen LogP contribution < -0.4 is 5.56 Å². The van der Waals surface area contributed by atoms with Gasteiger partial charge in [0.1, 0.15) is 0 Å². The molecule has 3 aromatic rings.